The normalized spacial score (nSPS) is 19.6. The van der Waals surface area contributed by atoms with Crippen LogP contribution in [0.25, 0.3) is 0 Å². The zero-order valence-electron chi connectivity index (χ0n) is 17.9. The average Bonchev–Trinajstić information content (AvgIpc) is 3.53. The van der Waals surface area contributed by atoms with Gasteiger partial charge in [-0.1, -0.05) is 28.3 Å². The minimum atomic E-state index is -1.21. The number of carboxylic acid groups (broad SMARTS) is 1. The fraction of sp³-hybridized carbons (Fsp3) is 0.333. The average molecular weight is 556 g/mol. The Bertz CT molecular complexity index is 1200. The van der Waals surface area contributed by atoms with Gasteiger partial charge in [-0.2, -0.15) is 0 Å². The molecule has 3 N–H and O–H groups in total. The lowest BCUT2D eigenvalue weighted by atomic mass is 10.0. The molecule has 0 aromatic carbocycles. The number of oxime groups is 1. The molecule has 4 heterocycles. The number of nitrogens with one attached hydrogen (secondary N) is 2. The van der Waals surface area contributed by atoms with Gasteiger partial charge in [0.15, 0.2) is 15.2 Å². The number of carbonyl (C=O) groups is 4. The van der Waals surface area contributed by atoms with Crippen LogP contribution in [-0.4, -0.2) is 84.6 Å². The fourth-order valence-electron chi connectivity index (χ4n) is 3.21. The van der Waals surface area contributed by atoms with E-state index in [2.05, 4.69) is 31.0 Å². The summed E-state index contributed by atoms with van der Waals surface area (Å²) < 4.78 is 0.698. The number of fused-ring (bicyclic) bond motifs is 1. The number of rotatable bonds is 11. The molecule has 1 fully saturated rings. The van der Waals surface area contributed by atoms with Crippen molar-refractivity contribution in [2.45, 2.75) is 22.7 Å². The first-order chi connectivity index (χ1) is 16.9. The first-order valence-corrected chi connectivity index (χ1v) is 13.7. The summed E-state index contributed by atoms with van der Waals surface area (Å²) in [6.07, 6.45) is 0.456. The molecule has 2 aliphatic rings. The van der Waals surface area contributed by atoms with Crippen molar-refractivity contribution in [1.82, 2.24) is 25.4 Å². The van der Waals surface area contributed by atoms with Crippen molar-refractivity contribution in [1.29, 1.82) is 0 Å². The molecule has 0 radical (unpaired) electrons. The van der Waals surface area contributed by atoms with Gasteiger partial charge in [0.25, 0.3) is 11.8 Å². The molecule has 2 aliphatic heterocycles. The second kappa shape index (κ2) is 11.1. The Hall–Kier alpha value is -3.02. The highest BCUT2D eigenvalue weighted by Gasteiger charge is 2.54. The number of thioether (sulfide) groups is 2. The monoisotopic (exact) mass is 555 g/mol. The highest BCUT2D eigenvalue weighted by Crippen LogP contribution is 2.41. The zero-order valence-corrected chi connectivity index (χ0v) is 21.1. The number of hydrogen-bond donors (Lipinski definition) is 3. The van der Waals surface area contributed by atoms with Crippen molar-refractivity contribution >= 4 is 81.2 Å². The van der Waals surface area contributed by atoms with Crippen LogP contribution in [0.15, 0.2) is 31.7 Å². The van der Waals surface area contributed by atoms with Crippen LogP contribution in [0, 0.1) is 0 Å². The Morgan fingerprint density at radius 2 is 2.26 bits per heavy atom. The van der Waals surface area contributed by atoms with E-state index in [4.69, 9.17) is 4.84 Å². The molecular formula is C18H17N7O6S4. The van der Waals surface area contributed by atoms with E-state index in [0.29, 0.717) is 27.8 Å². The summed E-state index contributed by atoms with van der Waals surface area (Å²) in [7, 11) is 0. The SMILES string of the molecule is CCO/N=C(\C(=O)NC1C(=O)N2C(C(=O)O)=C(CSc3nncs3)CS[C@H]12)c1csc(NC=O)n1. The van der Waals surface area contributed by atoms with Crippen LogP contribution in [0.3, 0.4) is 0 Å². The number of carbonyl (C=O) groups excluding carboxylic acids is 3. The molecule has 184 valence electrons. The number of nitrogens with zero attached hydrogens (tertiary/aromatic N) is 5. The van der Waals surface area contributed by atoms with Crippen LogP contribution in [0.5, 0.6) is 0 Å². The third-order valence-electron chi connectivity index (χ3n) is 4.68. The minimum Gasteiger partial charge on any atom is -0.477 e. The van der Waals surface area contributed by atoms with Gasteiger partial charge >= 0.3 is 5.97 Å². The van der Waals surface area contributed by atoms with Crippen LogP contribution in [0.2, 0.25) is 0 Å². The van der Waals surface area contributed by atoms with Gasteiger partial charge in [-0.3, -0.25) is 19.3 Å². The van der Waals surface area contributed by atoms with E-state index < -0.39 is 29.2 Å². The van der Waals surface area contributed by atoms with E-state index in [0.717, 1.165) is 11.3 Å². The molecule has 0 saturated carbocycles. The number of β-lactam (4-membered cyclic amide) rings is 1. The Morgan fingerprint density at radius 3 is 2.94 bits per heavy atom. The molecule has 4 rings (SSSR count). The minimum absolute atomic E-state index is 0.0754. The van der Waals surface area contributed by atoms with Crippen molar-refractivity contribution in [2.24, 2.45) is 5.16 Å². The number of aliphatic carboxylic acids is 1. The van der Waals surface area contributed by atoms with E-state index in [1.165, 1.54) is 45.1 Å². The van der Waals surface area contributed by atoms with E-state index in [1.807, 2.05) is 0 Å². The number of amides is 3. The molecule has 35 heavy (non-hydrogen) atoms. The number of anilines is 1. The molecular weight excluding hydrogens is 539 g/mol. The van der Waals surface area contributed by atoms with E-state index in [-0.39, 0.29) is 28.8 Å². The summed E-state index contributed by atoms with van der Waals surface area (Å²) in [6.45, 7) is 1.88. The molecule has 0 spiro atoms. The Morgan fingerprint density at radius 1 is 1.43 bits per heavy atom. The molecule has 3 amide bonds. The number of aromatic nitrogens is 3. The summed E-state index contributed by atoms with van der Waals surface area (Å²) >= 11 is 5.14. The predicted molar refractivity (Wildman–Crippen MR) is 130 cm³/mol. The van der Waals surface area contributed by atoms with Crippen molar-refractivity contribution in [3.05, 3.63) is 27.9 Å². The molecule has 13 nitrogen and oxygen atoms in total. The second-order valence-corrected chi connectivity index (χ2v) is 10.8. The maximum absolute atomic E-state index is 13.0. The molecule has 2 atom stereocenters. The number of thiazole rings is 1. The second-order valence-electron chi connectivity index (χ2n) is 6.77. The highest BCUT2D eigenvalue weighted by atomic mass is 32.2. The molecule has 1 saturated heterocycles. The smallest absolute Gasteiger partial charge is 0.352 e. The van der Waals surface area contributed by atoms with Gasteiger partial charge in [0.1, 0.15) is 34.9 Å². The van der Waals surface area contributed by atoms with Gasteiger partial charge in [0, 0.05) is 16.9 Å². The standard InChI is InChI=1S/C18H17N7O6S4/c1-2-31-24-10(9-5-33-17(21-9)19-6-26)13(27)22-11-14(28)25-12(16(29)30)8(3-32-15(11)25)4-34-18-23-20-7-35-18/h5-7,11,15H,2-4H2,1H3,(H,22,27)(H,29,30)(H,19,21,26)/b24-10-/t11?,15-/m1/s1. The first kappa shape index (κ1) is 25.1. The lowest BCUT2D eigenvalue weighted by molar-refractivity contribution is -0.150. The lowest BCUT2D eigenvalue weighted by Crippen LogP contribution is -2.71. The summed E-state index contributed by atoms with van der Waals surface area (Å²) in [5.74, 6) is -1.73. The van der Waals surface area contributed by atoms with E-state index in [1.54, 1.807) is 12.4 Å². The maximum Gasteiger partial charge on any atom is 0.352 e. The predicted octanol–water partition coefficient (Wildman–Crippen LogP) is 0.834. The Kier molecular flexibility index (Phi) is 7.99. The fourth-order valence-corrected chi connectivity index (χ4v) is 6.84. The largest absolute Gasteiger partial charge is 0.477 e. The maximum atomic E-state index is 13.0. The first-order valence-electron chi connectivity index (χ1n) is 9.90. The van der Waals surface area contributed by atoms with Crippen molar-refractivity contribution in [3.8, 4) is 0 Å². The van der Waals surface area contributed by atoms with Crippen molar-refractivity contribution in [2.75, 3.05) is 23.4 Å². The third kappa shape index (κ3) is 5.31. The van der Waals surface area contributed by atoms with Crippen molar-refractivity contribution < 1.29 is 29.1 Å². The van der Waals surface area contributed by atoms with Gasteiger partial charge in [-0.25, -0.2) is 9.78 Å². The molecule has 2 aromatic heterocycles. The van der Waals surface area contributed by atoms with Gasteiger partial charge in [-0.05, 0) is 12.5 Å². The van der Waals surface area contributed by atoms with Crippen molar-refractivity contribution in [3.63, 3.8) is 0 Å². The van der Waals surface area contributed by atoms with Crippen LogP contribution in [0.4, 0.5) is 5.13 Å². The Balaban J connectivity index is 1.49. The summed E-state index contributed by atoms with van der Waals surface area (Å²) in [5, 5.41) is 27.5. The molecule has 0 bridgehead atoms. The summed E-state index contributed by atoms with van der Waals surface area (Å²) in [4.78, 5) is 58.9. The topological polar surface area (TPSA) is 176 Å². The van der Waals surface area contributed by atoms with Crippen LogP contribution in [0.1, 0.15) is 12.6 Å². The molecule has 0 aliphatic carbocycles. The highest BCUT2D eigenvalue weighted by molar-refractivity contribution is 8.01. The van der Waals surface area contributed by atoms with Gasteiger partial charge in [0.05, 0.1) is 0 Å². The number of carboxylic acids is 1. The molecule has 1 unspecified atom stereocenters. The van der Waals surface area contributed by atoms with E-state index >= 15 is 0 Å². The zero-order chi connectivity index (χ0) is 24.9. The Labute approximate surface area is 214 Å². The van der Waals surface area contributed by atoms with Gasteiger partial charge in [-0.15, -0.1) is 33.3 Å². The van der Waals surface area contributed by atoms with Crippen LogP contribution in [-0.2, 0) is 24.0 Å². The van der Waals surface area contributed by atoms with Gasteiger partial charge in [0.2, 0.25) is 6.41 Å². The van der Waals surface area contributed by atoms with Gasteiger partial charge < -0.3 is 20.6 Å². The third-order valence-corrected chi connectivity index (χ3v) is 8.74. The lowest BCUT2D eigenvalue weighted by Gasteiger charge is -2.49. The van der Waals surface area contributed by atoms with E-state index in [9.17, 15) is 24.3 Å². The summed E-state index contributed by atoms with van der Waals surface area (Å²) in [5.41, 5.74) is 2.09. The van der Waals surface area contributed by atoms with Crippen LogP contribution >= 0.6 is 46.2 Å². The summed E-state index contributed by atoms with van der Waals surface area (Å²) in [6, 6.07) is -0.947. The molecule has 2 aromatic rings. The quantitative estimate of drug-likeness (QED) is 0.118. The number of hydrogen-bond acceptors (Lipinski definition) is 13. The molecule has 17 heteroatoms. The van der Waals surface area contributed by atoms with Crippen LogP contribution < -0.4 is 10.6 Å².